The van der Waals surface area contributed by atoms with Crippen molar-refractivity contribution < 1.29 is 17.7 Å². The maximum Gasteiger partial charge on any atom is 0.262 e. The highest BCUT2D eigenvalue weighted by molar-refractivity contribution is 7.89. The van der Waals surface area contributed by atoms with Crippen LogP contribution >= 0.6 is 0 Å². The SMILES string of the molecule is CNC(=O)[C@@]1(Cc2cc(-c3ccccc3)no2)CCN(S(=O)(=O)c2cn(C)cn2)C1. The summed E-state index contributed by atoms with van der Waals surface area (Å²) in [5.74, 6) is 0.313. The van der Waals surface area contributed by atoms with Crippen LogP contribution in [0.1, 0.15) is 12.2 Å². The lowest BCUT2D eigenvalue weighted by Gasteiger charge is -2.26. The predicted octanol–water partition coefficient (Wildman–Crippen LogP) is 1.44. The number of imidazole rings is 1. The van der Waals surface area contributed by atoms with Gasteiger partial charge in [-0.25, -0.2) is 13.4 Å². The summed E-state index contributed by atoms with van der Waals surface area (Å²) in [5.41, 5.74) is 0.644. The average molecular weight is 430 g/mol. The summed E-state index contributed by atoms with van der Waals surface area (Å²) in [6.07, 6.45) is 3.52. The Hall–Kier alpha value is -2.98. The molecule has 1 aliphatic rings. The first-order chi connectivity index (χ1) is 14.3. The van der Waals surface area contributed by atoms with E-state index in [0.29, 0.717) is 17.9 Å². The van der Waals surface area contributed by atoms with Crippen LogP contribution in [0.5, 0.6) is 0 Å². The Morgan fingerprint density at radius 2 is 2.07 bits per heavy atom. The first-order valence-corrected chi connectivity index (χ1v) is 11.0. The molecule has 1 saturated heterocycles. The van der Waals surface area contributed by atoms with Gasteiger partial charge in [-0.3, -0.25) is 4.79 Å². The summed E-state index contributed by atoms with van der Waals surface area (Å²) in [5, 5.41) is 6.77. The quantitative estimate of drug-likeness (QED) is 0.635. The largest absolute Gasteiger partial charge is 0.361 e. The second-order valence-corrected chi connectivity index (χ2v) is 9.43. The van der Waals surface area contributed by atoms with Crippen LogP contribution in [-0.2, 0) is 28.3 Å². The van der Waals surface area contributed by atoms with Crippen molar-refractivity contribution >= 4 is 15.9 Å². The number of hydrogen-bond acceptors (Lipinski definition) is 6. The minimum absolute atomic E-state index is 0.0243. The van der Waals surface area contributed by atoms with E-state index in [2.05, 4.69) is 15.5 Å². The fourth-order valence-electron chi connectivity index (χ4n) is 3.84. The van der Waals surface area contributed by atoms with Gasteiger partial charge in [0.05, 0.1) is 11.7 Å². The summed E-state index contributed by atoms with van der Waals surface area (Å²) in [4.78, 5) is 16.8. The van der Waals surface area contributed by atoms with Gasteiger partial charge >= 0.3 is 0 Å². The number of hydrogen-bond donors (Lipinski definition) is 1. The average Bonchev–Trinajstić information content (AvgIpc) is 3.49. The molecule has 158 valence electrons. The van der Waals surface area contributed by atoms with Gasteiger partial charge in [0.1, 0.15) is 11.5 Å². The zero-order chi connectivity index (χ0) is 21.4. The van der Waals surface area contributed by atoms with Crippen molar-refractivity contribution in [2.24, 2.45) is 12.5 Å². The summed E-state index contributed by atoms with van der Waals surface area (Å²) in [6.45, 7) is 0.277. The Morgan fingerprint density at radius 3 is 2.73 bits per heavy atom. The van der Waals surface area contributed by atoms with Crippen molar-refractivity contribution in [1.29, 1.82) is 0 Å². The van der Waals surface area contributed by atoms with E-state index in [9.17, 15) is 13.2 Å². The number of rotatable bonds is 6. The number of carbonyl (C=O) groups is 1. The number of sulfonamides is 1. The first-order valence-electron chi connectivity index (χ1n) is 9.55. The van der Waals surface area contributed by atoms with Crippen LogP contribution in [0.2, 0.25) is 0 Å². The van der Waals surface area contributed by atoms with Gasteiger partial charge < -0.3 is 14.4 Å². The number of nitrogens with one attached hydrogen (secondary N) is 1. The van der Waals surface area contributed by atoms with Crippen molar-refractivity contribution in [3.05, 3.63) is 54.7 Å². The lowest BCUT2D eigenvalue weighted by Crippen LogP contribution is -2.44. The third kappa shape index (κ3) is 3.63. The van der Waals surface area contributed by atoms with Crippen LogP contribution in [0.15, 0.2) is 58.5 Å². The smallest absolute Gasteiger partial charge is 0.262 e. The van der Waals surface area contributed by atoms with Crippen molar-refractivity contribution in [3.8, 4) is 11.3 Å². The number of nitrogens with zero attached hydrogens (tertiary/aromatic N) is 4. The molecule has 0 unspecified atom stereocenters. The second-order valence-electron chi connectivity index (χ2n) is 7.55. The van der Waals surface area contributed by atoms with Crippen molar-refractivity contribution in [2.45, 2.75) is 17.9 Å². The normalized spacial score (nSPS) is 19.8. The summed E-state index contributed by atoms with van der Waals surface area (Å²) in [6, 6.07) is 11.4. The Bertz CT molecular complexity index is 1150. The van der Waals surface area contributed by atoms with Gasteiger partial charge in [0.15, 0.2) is 5.03 Å². The number of amides is 1. The molecule has 0 radical (unpaired) electrons. The standard InChI is InChI=1S/C20H23N5O4S/c1-21-19(26)20(11-16-10-17(23-29-16)15-6-4-3-5-7-15)8-9-25(13-20)30(27,28)18-12-24(2)14-22-18/h3-7,10,12,14H,8-9,11,13H2,1-2H3,(H,21,26)/t20-/m1/s1. The van der Waals surface area contributed by atoms with Crippen LogP contribution in [0, 0.1) is 5.41 Å². The lowest BCUT2D eigenvalue weighted by atomic mass is 9.81. The molecule has 10 heteroatoms. The van der Waals surface area contributed by atoms with Gasteiger partial charge in [-0.1, -0.05) is 35.5 Å². The van der Waals surface area contributed by atoms with Gasteiger partial charge in [-0.15, -0.1) is 0 Å². The van der Waals surface area contributed by atoms with Crippen LogP contribution in [0.3, 0.4) is 0 Å². The highest BCUT2D eigenvalue weighted by atomic mass is 32.2. The van der Waals surface area contributed by atoms with Crippen molar-refractivity contribution in [2.75, 3.05) is 20.1 Å². The molecular weight excluding hydrogens is 406 g/mol. The van der Waals surface area contributed by atoms with Gasteiger partial charge in [-0.05, 0) is 6.42 Å². The zero-order valence-electron chi connectivity index (χ0n) is 16.8. The molecule has 0 spiro atoms. The Kier molecular flexibility index (Phi) is 5.20. The monoisotopic (exact) mass is 429 g/mol. The van der Waals surface area contributed by atoms with Crippen LogP contribution in [0.4, 0.5) is 0 Å². The van der Waals surface area contributed by atoms with E-state index in [1.165, 1.54) is 16.8 Å². The van der Waals surface area contributed by atoms with Crippen LogP contribution < -0.4 is 5.32 Å². The van der Waals surface area contributed by atoms with E-state index >= 15 is 0 Å². The molecule has 3 aromatic rings. The molecule has 0 aliphatic carbocycles. The number of aromatic nitrogens is 3. The maximum atomic E-state index is 13.0. The molecule has 1 aromatic carbocycles. The van der Waals surface area contributed by atoms with E-state index in [-0.39, 0.29) is 30.4 Å². The highest BCUT2D eigenvalue weighted by Gasteiger charge is 2.49. The molecule has 1 N–H and O–H groups in total. The van der Waals surface area contributed by atoms with E-state index in [1.807, 2.05) is 30.3 Å². The third-order valence-corrected chi connectivity index (χ3v) is 7.18. The summed E-state index contributed by atoms with van der Waals surface area (Å²) < 4.78 is 34.3. The van der Waals surface area contributed by atoms with E-state index in [0.717, 1.165) is 5.56 Å². The van der Waals surface area contributed by atoms with E-state index in [4.69, 9.17) is 4.52 Å². The van der Waals surface area contributed by atoms with E-state index in [1.54, 1.807) is 24.7 Å². The third-order valence-electron chi connectivity index (χ3n) is 5.45. The molecule has 0 saturated carbocycles. The van der Waals surface area contributed by atoms with Crippen molar-refractivity contribution in [3.63, 3.8) is 0 Å². The van der Waals surface area contributed by atoms with E-state index < -0.39 is 15.4 Å². The van der Waals surface area contributed by atoms with Gasteiger partial charge in [0.2, 0.25) is 5.91 Å². The first kappa shape index (κ1) is 20.3. The molecule has 9 nitrogen and oxygen atoms in total. The van der Waals surface area contributed by atoms with Gasteiger partial charge in [0, 0.05) is 51.4 Å². The van der Waals surface area contributed by atoms with Crippen LogP contribution in [0.25, 0.3) is 11.3 Å². The summed E-state index contributed by atoms with van der Waals surface area (Å²) in [7, 11) is -0.527. The van der Waals surface area contributed by atoms with Crippen LogP contribution in [-0.4, -0.2) is 53.5 Å². The molecule has 1 atom stereocenters. The molecular formula is C20H23N5O4S. The molecule has 3 heterocycles. The topological polar surface area (TPSA) is 110 Å². The fraction of sp³-hybridized carbons (Fsp3) is 0.350. The lowest BCUT2D eigenvalue weighted by molar-refractivity contribution is -0.130. The molecule has 30 heavy (non-hydrogen) atoms. The predicted molar refractivity (Wildman–Crippen MR) is 109 cm³/mol. The molecule has 1 fully saturated rings. The van der Waals surface area contributed by atoms with Crippen molar-refractivity contribution in [1.82, 2.24) is 24.3 Å². The second kappa shape index (κ2) is 7.69. The number of aryl methyl sites for hydroxylation is 1. The Morgan fingerprint density at radius 1 is 1.30 bits per heavy atom. The summed E-state index contributed by atoms with van der Waals surface area (Å²) >= 11 is 0. The molecule has 4 rings (SSSR count). The number of benzene rings is 1. The zero-order valence-corrected chi connectivity index (χ0v) is 17.6. The molecule has 2 aromatic heterocycles. The van der Waals surface area contributed by atoms with Gasteiger partial charge in [0.25, 0.3) is 10.0 Å². The minimum Gasteiger partial charge on any atom is -0.361 e. The molecule has 1 aliphatic heterocycles. The Balaban J connectivity index is 1.59. The fourth-order valence-corrected chi connectivity index (χ4v) is 5.34. The number of carbonyl (C=O) groups excluding carboxylic acids is 1. The maximum absolute atomic E-state index is 13.0. The molecule has 0 bridgehead atoms. The highest BCUT2D eigenvalue weighted by Crippen LogP contribution is 2.37. The Labute approximate surface area is 174 Å². The molecule has 1 amide bonds. The minimum atomic E-state index is -3.79. The van der Waals surface area contributed by atoms with Gasteiger partial charge in [-0.2, -0.15) is 4.31 Å².